The van der Waals surface area contributed by atoms with Crippen molar-refractivity contribution < 1.29 is 9.53 Å². The van der Waals surface area contributed by atoms with E-state index >= 15 is 0 Å². The van der Waals surface area contributed by atoms with E-state index in [0.717, 1.165) is 0 Å². The molecule has 0 N–H and O–H groups in total. The van der Waals surface area contributed by atoms with Crippen LogP contribution >= 0.6 is 0 Å². The Morgan fingerprint density at radius 2 is 2.45 bits per heavy atom. The van der Waals surface area contributed by atoms with Crippen LogP contribution in [0.1, 0.15) is 17.3 Å². The van der Waals surface area contributed by atoms with Crippen LogP contribution in [0, 0.1) is 12.1 Å². The highest BCUT2D eigenvalue weighted by atomic mass is 16.5. The van der Waals surface area contributed by atoms with Crippen LogP contribution in [0.25, 0.3) is 0 Å². The highest BCUT2D eigenvalue weighted by molar-refractivity contribution is 5.88. The van der Waals surface area contributed by atoms with Gasteiger partial charge in [-0.05, 0) is 25.1 Å². The molecule has 2 radical (unpaired) electrons. The summed E-state index contributed by atoms with van der Waals surface area (Å²) in [6.45, 7) is 2.16. The molecule has 0 bridgehead atoms. The summed E-state index contributed by atoms with van der Waals surface area (Å²) in [5.74, 6) is -0.343. The van der Waals surface area contributed by atoms with Crippen LogP contribution < -0.4 is 0 Å². The van der Waals surface area contributed by atoms with E-state index in [2.05, 4.69) is 12.1 Å². The zero-order valence-electron chi connectivity index (χ0n) is 6.26. The predicted octanol–water partition coefficient (Wildman–Crippen LogP) is 1.46. The number of esters is 1. The van der Waals surface area contributed by atoms with Crippen LogP contribution in [0.2, 0.25) is 0 Å². The first-order valence-electron chi connectivity index (χ1n) is 3.39. The summed E-state index contributed by atoms with van der Waals surface area (Å²) in [5.41, 5.74) is 0.425. The highest BCUT2D eigenvalue weighted by Crippen LogP contribution is 1.98. The van der Waals surface area contributed by atoms with Crippen LogP contribution in [0.5, 0.6) is 0 Å². The number of carbonyl (C=O) groups excluding carboxylic acids is 1. The zero-order chi connectivity index (χ0) is 8.10. The van der Waals surface area contributed by atoms with Crippen molar-refractivity contribution in [2.75, 3.05) is 6.61 Å². The van der Waals surface area contributed by atoms with Gasteiger partial charge in [-0.2, -0.15) is 0 Å². The standard InChI is InChI=1S/C9H8O2/c1-2-11-9(10)8-6-4-3-5-7-8/h3-4,7H,2H2,1H3. The summed E-state index contributed by atoms with van der Waals surface area (Å²) in [6.07, 6.45) is 0. The lowest BCUT2D eigenvalue weighted by Gasteiger charge is -1.98. The van der Waals surface area contributed by atoms with Crippen molar-refractivity contribution in [3.8, 4) is 0 Å². The third-order valence-corrected chi connectivity index (χ3v) is 1.14. The highest BCUT2D eigenvalue weighted by Gasteiger charge is 2.03. The van der Waals surface area contributed by atoms with Crippen LogP contribution in [-0.2, 0) is 4.74 Å². The molecule has 56 valence electrons. The monoisotopic (exact) mass is 148 g/mol. The fraction of sp³-hybridized carbons (Fsp3) is 0.222. The molecule has 2 nitrogen and oxygen atoms in total. The minimum absolute atomic E-state index is 0.343. The smallest absolute Gasteiger partial charge is 0.338 e. The summed E-state index contributed by atoms with van der Waals surface area (Å²) in [7, 11) is 0. The average Bonchev–Trinajstić information content (AvgIpc) is 2.07. The fourth-order valence-electron chi connectivity index (χ4n) is 0.679. The Labute approximate surface area is 65.8 Å². The molecule has 0 saturated carbocycles. The van der Waals surface area contributed by atoms with E-state index in [1.807, 2.05) is 0 Å². The third kappa shape index (κ3) is 2.08. The summed E-state index contributed by atoms with van der Waals surface area (Å²) in [4.78, 5) is 11.0. The van der Waals surface area contributed by atoms with E-state index in [9.17, 15) is 4.79 Å². The lowest BCUT2D eigenvalue weighted by molar-refractivity contribution is 0.0526. The number of benzene rings is 1. The number of ether oxygens (including phenoxy) is 1. The van der Waals surface area contributed by atoms with Crippen molar-refractivity contribution in [2.24, 2.45) is 0 Å². The molecule has 0 saturated heterocycles. The number of hydrogen-bond acceptors (Lipinski definition) is 2. The van der Waals surface area contributed by atoms with Crippen molar-refractivity contribution in [3.05, 3.63) is 35.9 Å². The lowest BCUT2D eigenvalue weighted by Crippen LogP contribution is -2.03. The van der Waals surface area contributed by atoms with Gasteiger partial charge in [-0.3, -0.25) is 0 Å². The maximum Gasteiger partial charge on any atom is 0.338 e. The first-order valence-corrected chi connectivity index (χ1v) is 3.39. The fourth-order valence-corrected chi connectivity index (χ4v) is 0.679. The Morgan fingerprint density at radius 1 is 1.64 bits per heavy atom. The van der Waals surface area contributed by atoms with Gasteiger partial charge in [-0.25, -0.2) is 4.79 Å². The van der Waals surface area contributed by atoms with Crippen molar-refractivity contribution in [2.45, 2.75) is 6.92 Å². The van der Waals surface area contributed by atoms with Crippen molar-refractivity contribution in [1.29, 1.82) is 0 Å². The zero-order valence-corrected chi connectivity index (χ0v) is 6.26. The van der Waals surface area contributed by atoms with Crippen molar-refractivity contribution >= 4 is 5.97 Å². The van der Waals surface area contributed by atoms with Gasteiger partial charge in [0.15, 0.2) is 0 Å². The van der Waals surface area contributed by atoms with Crippen LogP contribution in [-0.4, -0.2) is 12.6 Å². The minimum atomic E-state index is -0.343. The molecule has 0 spiro atoms. The van der Waals surface area contributed by atoms with Crippen LogP contribution in [0.3, 0.4) is 0 Å². The van der Waals surface area contributed by atoms with E-state index < -0.39 is 0 Å². The molecule has 0 atom stereocenters. The second kappa shape index (κ2) is 3.76. The quantitative estimate of drug-likeness (QED) is 0.593. The Kier molecular flexibility index (Phi) is 2.66. The Morgan fingerprint density at radius 3 is 3.00 bits per heavy atom. The Balaban J connectivity index is 2.69. The van der Waals surface area contributed by atoms with Crippen LogP contribution in [0.4, 0.5) is 0 Å². The molecule has 1 aromatic rings. The van der Waals surface area contributed by atoms with Gasteiger partial charge in [0.2, 0.25) is 0 Å². The maximum atomic E-state index is 11.0. The molecule has 0 aliphatic carbocycles. The molecule has 0 fully saturated rings. The van der Waals surface area contributed by atoms with Gasteiger partial charge in [0.1, 0.15) is 0 Å². The molecular formula is C9H8O2. The summed E-state index contributed by atoms with van der Waals surface area (Å²) >= 11 is 0. The number of hydrogen-bond donors (Lipinski definition) is 0. The largest absolute Gasteiger partial charge is 0.462 e. The number of carbonyl (C=O) groups is 1. The lowest BCUT2D eigenvalue weighted by atomic mass is 10.2. The average molecular weight is 148 g/mol. The first kappa shape index (κ1) is 7.79. The van der Waals surface area contributed by atoms with Gasteiger partial charge >= 0.3 is 5.97 Å². The van der Waals surface area contributed by atoms with E-state index in [1.165, 1.54) is 0 Å². The van der Waals surface area contributed by atoms with Gasteiger partial charge in [0, 0.05) is 0 Å². The van der Waals surface area contributed by atoms with Crippen molar-refractivity contribution in [1.82, 2.24) is 0 Å². The second-order valence-corrected chi connectivity index (χ2v) is 1.92. The van der Waals surface area contributed by atoms with Crippen LogP contribution in [0.15, 0.2) is 18.2 Å². The van der Waals surface area contributed by atoms with Gasteiger partial charge in [0.05, 0.1) is 12.2 Å². The van der Waals surface area contributed by atoms with Crippen molar-refractivity contribution in [3.63, 3.8) is 0 Å². The first-order chi connectivity index (χ1) is 5.34. The molecule has 0 aliphatic rings. The molecule has 0 aliphatic heterocycles. The Bertz CT molecular complexity index is 229. The molecular weight excluding hydrogens is 140 g/mol. The normalized spacial score (nSPS) is 9.18. The van der Waals surface area contributed by atoms with E-state index in [1.54, 1.807) is 25.1 Å². The molecule has 0 amide bonds. The number of rotatable bonds is 2. The molecule has 0 unspecified atom stereocenters. The summed E-state index contributed by atoms with van der Waals surface area (Å²) in [5, 5.41) is 0. The second-order valence-electron chi connectivity index (χ2n) is 1.92. The van der Waals surface area contributed by atoms with Gasteiger partial charge < -0.3 is 4.74 Å². The molecule has 0 heterocycles. The third-order valence-electron chi connectivity index (χ3n) is 1.14. The SMILES string of the molecule is CCOC(=O)c1[c]cc[c]c1. The molecule has 11 heavy (non-hydrogen) atoms. The topological polar surface area (TPSA) is 26.3 Å². The molecule has 1 aromatic carbocycles. The van der Waals surface area contributed by atoms with Gasteiger partial charge in [-0.15, -0.1) is 0 Å². The molecule has 1 rings (SSSR count). The Hall–Kier alpha value is -1.31. The summed E-state index contributed by atoms with van der Waals surface area (Å²) in [6, 6.07) is 10.4. The van der Waals surface area contributed by atoms with E-state index in [4.69, 9.17) is 4.74 Å². The van der Waals surface area contributed by atoms with Gasteiger partial charge in [0.25, 0.3) is 0 Å². The minimum Gasteiger partial charge on any atom is -0.462 e. The van der Waals surface area contributed by atoms with E-state index in [0.29, 0.717) is 12.2 Å². The molecule has 0 aromatic heterocycles. The summed E-state index contributed by atoms with van der Waals surface area (Å²) < 4.78 is 4.74. The predicted molar refractivity (Wildman–Crippen MR) is 40.1 cm³/mol. The molecule has 2 heteroatoms. The van der Waals surface area contributed by atoms with E-state index in [-0.39, 0.29) is 5.97 Å². The maximum absolute atomic E-state index is 11.0. The van der Waals surface area contributed by atoms with Gasteiger partial charge in [-0.1, -0.05) is 12.1 Å².